The number of carboxylic acid groups (broad SMARTS) is 2. The van der Waals surface area contributed by atoms with Crippen LogP contribution in [-0.4, -0.2) is 29.7 Å². The van der Waals surface area contributed by atoms with E-state index >= 15 is 0 Å². The van der Waals surface area contributed by atoms with Gasteiger partial charge in [-0.1, -0.05) is 0 Å². The van der Waals surface area contributed by atoms with Crippen LogP contribution in [0.25, 0.3) is 0 Å². The predicted molar refractivity (Wildman–Crippen MR) is 29.6 cm³/mol. The second kappa shape index (κ2) is 15.7. The molecule has 0 radical (unpaired) electrons. The molecule has 0 rings (SSSR count). The summed E-state index contributed by atoms with van der Waals surface area (Å²) in [6, 6.07) is 0. The van der Waals surface area contributed by atoms with Gasteiger partial charge in [0.15, 0.2) is 0 Å². The Morgan fingerprint density at radius 2 is 1.33 bits per heavy atom. The molecule has 64 valence electrons. The van der Waals surface area contributed by atoms with Crippen molar-refractivity contribution in [2.45, 2.75) is 0 Å². The maximum absolute atomic E-state index is 9.00. The van der Waals surface area contributed by atoms with E-state index in [-0.39, 0.29) is 83.1 Å². The third-order valence-electron chi connectivity index (χ3n) is 0. The van der Waals surface area contributed by atoms with Crippen LogP contribution in [0.15, 0.2) is 0 Å². The molecule has 0 bridgehead atoms. The summed E-state index contributed by atoms with van der Waals surface area (Å²) in [6.07, 6.45) is -1.83. The van der Waals surface area contributed by atoms with E-state index in [4.69, 9.17) is 28.3 Å². The standard InChI is InChI=1S/CH2O3.HI.2Na.H2O3S2/c2-1(3)4;;;;1-5(2,3)4/h(H2,2,3,4);1H;;;(H2,1,2,3,4)/q;;2*+1;/p-2. The third kappa shape index (κ3) is 299. The smallest absolute Gasteiger partial charge is 1.00 e. The van der Waals surface area contributed by atoms with Crippen LogP contribution in [-0.2, 0) is 20.2 Å². The largest absolute Gasteiger partial charge is 1.00 e. The van der Waals surface area contributed by atoms with Gasteiger partial charge in [-0.2, -0.15) is 0 Å². The second-order valence-electron chi connectivity index (χ2n) is 0.710. The molecule has 0 spiro atoms. The molecule has 6 nitrogen and oxygen atoms in total. The minimum Gasteiger partial charge on any atom is -1.00 e. The average molecular weight is 348 g/mol. The molecule has 12 heavy (non-hydrogen) atoms. The molecule has 0 aromatic rings. The fourth-order valence-corrected chi connectivity index (χ4v) is 0. The van der Waals surface area contributed by atoms with E-state index in [2.05, 4.69) is 11.2 Å². The first-order valence-corrected chi connectivity index (χ1v) is 3.70. The molecule has 1 atom stereocenters. The van der Waals surface area contributed by atoms with Crippen molar-refractivity contribution in [3.8, 4) is 0 Å². The van der Waals surface area contributed by atoms with E-state index in [0.717, 1.165) is 0 Å². The van der Waals surface area contributed by atoms with Gasteiger partial charge in [0.25, 0.3) is 0 Å². The van der Waals surface area contributed by atoms with Gasteiger partial charge in [-0.15, -0.1) is 0 Å². The van der Waals surface area contributed by atoms with Gasteiger partial charge >= 0.3 is 65.3 Å². The molecule has 0 amide bonds. The van der Waals surface area contributed by atoms with Crippen LogP contribution in [0.5, 0.6) is 0 Å². The van der Waals surface area contributed by atoms with Gasteiger partial charge in [0.1, 0.15) is 0 Å². The Bertz CT molecular complexity index is 166. The van der Waals surface area contributed by atoms with Crippen molar-refractivity contribution in [3.05, 3.63) is 0 Å². The van der Waals surface area contributed by atoms with E-state index < -0.39 is 15.2 Å². The SMILES string of the molecule is O=C(O)O.O=S([O-])(O)=S.[I-].[Na+].[Na+]. The number of hydrogen-bond acceptors (Lipinski definition) is 4. The summed E-state index contributed by atoms with van der Waals surface area (Å²) < 4.78 is 25.3. The summed E-state index contributed by atoms with van der Waals surface area (Å²) in [5.74, 6) is 0. The van der Waals surface area contributed by atoms with Crippen molar-refractivity contribution in [1.29, 1.82) is 0 Å². The van der Waals surface area contributed by atoms with E-state index in [1.165, 1.54) is 0 Å². The number of carbonyl (C=O) groups is 1. The minimum atomic E-state index is -4.08. The Labute approximate surface area is 135 Å². The Morgan fingerprint density at radius 3 is 1.33 bits per heavy atom. The van der Waals surface area contributed by atoms with Crippen molar-refractivity contribution in [3.63, 3.8) is 0 Å². The van der Waals surface area contributed by atoms with Gasteiger partial charge in [-0.05, 0) is 11.2 Å². The Hall–Kier alpha value is 2.29. The van der Waals surface area contributed by atoms with E-state index in [0.29, 0.717) is 0 Å². The van der Waals surface area contributed by atoms with Crippen LogP contribution < -0.4 is 83.1 Å². The molecule has 0 aliphatic carbocycles. The first kappa shape index (κ1) is 29.2. The number of rotatable bonds is 0. The topological polar surface area (TPSA) is 118 Å². The Balaban J connectivity index is -0.0000000221. The third-order valence-corrected chi connectivity index (χ3v) is 0. The zero-order chi connectivity index (χ0) is 8.08. The summed E-state index contributed by atoms with van der Waals surface area (Å²) in [5.41, 5.74) is 0. The van der Waals surface area contributed by atoms with Crippen LogP contribution in [0.3, 0.4) is 0 Å². The van der Waals surface area contributed by atoms with Gasteiger partial charge in [-0.25, -0.2) is 9.00 Å². The van der Waals surface area contributed by atoms with Crippen LogP contribution in [0.4, 0.5) is 4.79 Å². The summed E-state index contributed by atoms with van der Waals surface area (Å²) >= 11 is 3.35. The van der Waals surface area contributed by atoms with Crippen LogP contribution in [0.1, 0.15) is 0 Å². The molecule has 0 fully saturated rings. The van der Waals surface area contributed by atoms with Crippen LogP contribution >= 0.6 is 0 Å². The van der Waals surface area contributed by atoms with Crippen molar-refractivity contribution < 1.29 is 111 Å². The molecule has 0 aromatic carbocycles. The molecule has 11 heteroatoms. The Morgan fingerprint density at radius 1 is 1.33 bits per heavy atom. The zero-order valence-electron chi connectivity index (χ0n) is 6.26. The van der Waals surface area contributed by atoms with Crippen molar-refractivity contribution in [2.24, 2.45) is 0 Å². The van der Waals surface area contributed by atoms with Crippen LogP contribution in [0.2, 0.25) is 0 Å². The molecule has 0 saturated heterocycles. The normalized spacial score (nSPS) is 10.8. The molecule has 0 heterocycles. The fraction of sp³-hybridized carbons (Fsp3) is 0. The first-order valence-electron chi connectivity index (χ1n) is 1.33. The molecule has 0 aliphatic rings. The summed E-state index contributed by atoms with van der Waals surface area (Å²) in [4.78, 5) is 8.56. The predicted octanol–water partition coefficient (Wildman–Crippen LogP) is -9.43. The molecule has 1 unspecified atom stereocenters. The molecule has 0 aromatic heterocycles. The minimum absolute atomic E-state index is 0. The summed E-state index contributed by atoms with van der Waals surface area (Å²) in [6.45, 7) is 0. The maximum Gasteiger partial charge on any atom is 1.00 e. The Kier molecular flexibility index (Phi) is 38.4. The van der Waals surface area contributed by atoms with Crippen molar-refractivity contribution >= 4 is 26.4 Å². The molecule has 0 aliphatic heterocycles. The van der Waals surface area contributed by atoms with E-state index in [9.17, 15) is 0 Å². The first-order chi connectivity index (χ1) is 3.73. The van der Waals surface area contributed by atoms with Crippen molar-refractivity contribution in [1.82, 2.24) is 0 Å². The fourth-order valence-electron chi connectivity index (χ4n) is 0. The zero-order valence-corrected chi connectivity index (χ0v) is 14.1. The monoisotopic (exact) mass is 348 g/mol. The second-order valence-corrected chi connectivity index (χ2v) is 2.83. The summed E-state index contributed by atoms with van der Waals surface area (Å²) in [5, 5.41) is 13.9. The van der Waals surface area contributed by atoms with E-state index in [1.807, 2.05) is 0 Å². The molecule has 3 N–H and O–H groups in total. The molecular weight excluding hydrogens is 345 g/mol. The maximum atomic E-state index is 9.00. The molecule has 0 saturated carbocycles. The average Bonchev–Trinajstić information content (AvgIpc) is 1.19. The van der Waals surface area contributed by atoms with Crippen LogP contribution in [0, 0.1) is 0 Å². The quantitative estimate of drug-likeness (QED) is 0.294. The van der Waals surface area contributed by atoms with Gasteiger partial charge in [0, 0.05) is 0 Å². The van der Waals surface area contributed by atoms with E-state index in [1.54, 1.807) is 0 Å². The van der Waals surface area contributed by atoms with Gasteiger partial charge in [0.2, 0.25) is 0 Å². The number of hydrogen-bond donors (Lipinski definition) is 3. The van der Waals surface area contributed by atoms with Gasteiger partial charge in [0.05, 0.1) is 9.05 Å². The van der Waals surface area contributed by atoms with Gasteiger partial charge < -0.3 is 43.3 Å². The number of halogens is 1. The molecular formula is CH3INa2O6S2. The summed E-state index contributed by atoms with van der Waals surface area (Å²) in [7, 11) is -4.08. The van der Waals surface area contributed by atoms with Gasteiger partial charge in [-0.3, -0.25) is 0 Å². The van der Waals surface area contributed by atoms with Crippen molar-refractivity contribution in [2.75, 3.05) is 0 Å².